The molecule has 0 aliphatic carbocycles. The maximum absolute atomic E-state index is 11.6. The highest BCUT2D eigenvalue weighted by atomic mass is 16.5. The lowest BCUT2D eigenvalue weighted by atomic mass is 10.1. The molecule has 1 heterocycles. The summed E-state index contributed by atoms with van der Waals surface area (Å²) in [5.41, 5.74) is 10.8. The van der Waals surface area contributed by atoms with Crippen LogP contribution < -0.4 is 22.1 Å². The van der Waals surface area contributed by atoms with Crippen molar-refractivity contribution >= 4 is 17.9 Å². The summed E-state index contributed by atoms with van der Waals surface area (Å²) < 4.78 is 4.88. The van der Waals surface area contributed by atoms with E-state index < -0.39 is 36.1 Å². The number of aromatic nitrogens is 2. The maximum atomic E-state index is 11.6. The molecule has 0 radical (unpaired) electrons. The van der Waals surface area contributed by atoms with Gasteiger partial charge in [-0.15, -0.1) is 0 Å². The van der Waals surface area contributed by atoms with Crippen LogP contribution in [0.2, 0.25) is 0 Å². The maximum Gasteiger partial charge on any atom is 0.328 e. The molecule has 0 aliphatic heterocycles. The van der Waals surface area contributed by atoms with Crippen LogP contribution in [0.1, 0.15) is 37.5 Å². The first-order valence-electron chi connectivity index (χ1n) is 7.02. The highest BCUT2D eigenvalue weighted by Crippen LogP contribution is 2.12. The number of nitrogens with zero attached hydrogens (tertiary/aromatic N) is 2. The van der Waals surface area contributed by atoms with E-state index in [0.717, 1.165) is 0 Å². The predicted octanol–water partition coefficient (Wildman–Crippen LogP) is -2.03. The largest absolute Gasteiger partial charge is 0.480 e. The monoisotopic (exact) mass is 344 g/mol. The quantitative estimate of drug-likeness (QED) is 0.291. The third-order valence-corrected chi connectivity index (χ3v) is 2.95. The number of hydrogen-bond donors (Lipinski definition) is 6. The van der Waals surface area contributed by atoms with Gasteiger partial charge in [0.25, 0.3) is 0 Å². The zero-order valence-electron chi connectivity index (χ0n) is 12.9. The zero-order valence-corrected chi connectivity index (χ0v) is 12.9. The van der Waals surface area contributed by atoms with Crippen molar-refractivity contribution < 1.29 is 29.1 Å². The van der Waals surface area contributed by atoms with Gasteiger partial charge >= 0.3 is 12.0 Å². The minimum Gasteiger partial charge on any atom is -0.480 e. The molecule has 12 heteroatoms. The zero-order chi connectivity index (χ0) is 18.3. The molecule has 134 valence electrons. The molecule has 0 saturated carbocycles. The molecule has 1 rings (SSSR count). The lowest BCUT2D eigenvalue weighted by Crippen LogP contribution is -2.51. The fourth-order valence-electron chi connectivity index (χ4n) is 1.65. The number of rotatable bonds is 9. The van der Waals surface area contributed by atoms with Crippen LogP contribution in [0.3, 0.4) is 0 Å². The first-order chi connectivity index (χ1) is 11.2. The van der Waals surface area contributed by atoms with Crippen molar-refractivity contribution in [2.24, 2.45) is 11.5 Å². The Bertz CT molecular complexity index is 588. The van der Waals surface area contributed by atoms with E-state index in [2.05, 4.69) is 20.8 Å². The number of urea groups is 1. The summed E-state index contributed by atoms with van der Waals surface area (Å²) >= 11 is 0. The molecule has 0 aliphatic rings. The molecule has 0 fully saturated rings. The van der Waals surface area contributed by atoms with Gasteiger partial charge in [0.1, 0.15) is 0 Å². The second-order valence-electron chi connectivity index (χ2n) is 5.04. The van der Waals surface area contributed by atoms with Gasteiger partial charge in [0, 0.05) is 6.42 Å². The van der Waals surface area contributed by atoms with Crippen molar-refractivity contribution in [2.75, 3.05) is 0 Å². The number of carbonyl (C=O) groups is 3. The van der Waals surface area contributed by atoms with E-state index in [1.54, 1.807) is 0 Å². The van der Waals surface area contributed by atoms with E-state index in [0.29, 0.717) is 0 Å². The van der Waals surface area contributed by atoms with Crippen molar-refractivity contribution in [3.05, 3.63) is 11.7 Å². The second-order valence-corrected chi connectivity index (χ2v) is 5.04. The Morgan fingerprint density at radius 1 is 1.38 bits per heavy atom. The van der Waals surface area contributed by atoms with Crippen LogP contribution >= 0.6 is 0 Å². The predicted molar refractivity (Wildman–Crippen MR) is 78.1 cm³/mol. The van der Waals surface area contributed by atoms with Crippen LogP contribution in [0.5, 0.6) is 0 Å². The number of nitrogens with one attached hydrogen (secondary N) is 2. The van der Waals surface area contributed by atoms with E-state index in [-0.39, 0.29) is 31.1 Å². The number of aliphatic carboxylic acids is 1. The lowest BCUT2D eigenvalue weighted by molar-refractivity contribution is -0.141. The number of amides is 3. The van der Waals surface area contributed by atoms with Gasteiger partial charge in [-0.2, -0.15) is 4.98 Å². The third kappa shape index (κ3) is 6.18. The van der Waals surface area contributed by atoms with Crippen molar-refractivity contribution in [3.63, 3.8) is 0 Å². The van der Waals surface area contributed by atoms with E-state index in [9.17, 15) is 19.5 Å². The van der Waals surface area contributed by atoms with E-state index in [1.807, 2.05) is 0 Å². The molecule has 1 aromatic rings. The molecule has 3 amide bonds. The van der Waals surface area contributed by atoms with Gasteiger partial charge in [-0.1, -0.05) is 5.16 Å². The summed E-state index contributed by atoms with van der Waals surface area (Å²) in [7, 11) is 0. The molecule has 0 saturated heterocycles. The number of carbonyl (C=O) groups excluding carboxylic acids is 2. The average molecular weight is 344 g/mol. The van der Waals surface area contributed by atoms with Gasteiger partial charge < -0.3 is 36.8 Å². The van der Waals surface area contributed by atoms with Gasteiger partial charge in [-0.05, 0) is 13.3 Å². The van der Waals surface area contributed by atoms with Gasteiger partial charge in [0.15, 0.2) is 11.9 Å². The Kier molecular flexibility index (Phi) is 7.07. The van der Waals surface area contributed by atoms with Crippen molar-refractivity contribution in [1.82, 2.24) is 20.8 Å². The highest BCUT2D eigenvalue weighted by Gasteiger charge is 2.25. The Morgan fingerprint density at radius 2 is 2.04 bits per heavy atom. The van der Waals surface area contributed by atoms with Crippen LogP contribution in [0.25, 0.3) is 0 Å². The summed E-state index contributed by atoms with van der Waals surface area (Å²) in [6.07, 6.45) is -0.954. The molecule has 1 unspecified atom stereocenters. The standard InChI is InChI=1S/C12H20N6O6/c1-5(19)9(11(21)22)17-12(23)15-4-8-16-10(18-24-8)6(13)2-3-7(14)20/h5-6,9,19H,2-4,13H2,1H3,(H2,14,20)(H,21,22)(H2,15,17,23)/t5?,6-,9-/m0/s1. The Labute approximate surface area is 136 Å². The summed E-state index contributed by atoms with van der Waals surface area (Å²) in [5.74, 6) is -1.68. The number of aliphatic hydroxyl groups excluding tert-OH is 1. The Balaban J connectivity index is 2.49. The highest BCUT2D eigenvalue weighted by molar-refractivity contribution is 5.82. The van der Waals surface area contributed by atoms with Crippen LogP contribution in [0.4, 0.5) is 4.79 Å². The number of hydrogen-bond acceptors (Lipinski definition) is 8. The SMILES string of the molecule is CC(O)[C@H](NC(=O)NCc1nc([C@@H](N)CCC(N)=O)no1)C(=O)O. The van der Waals surface area contributed by atoms with Crippen LogP contribution in [0, 0.1) is 0 Å². The molecule has 0 bridgehead atoms. The number of carboxylic acid groups (broad SMARTS) is 1. The molecule has 0 aromatic carbocycles. The van der Waals surface area contributed by atoms with Crippen LogP contribution in [-0.2, 0) is 16.1 Å². The van der Waals surface area contributed by atoms with Gasteiger partial charge in [-0.3, -0.25) is 4.79 Å². The molecule has 3 atom stereocenters. The van der Waals surface area contributed by atoms with Gasteiger partial charge in [0.2, 0.25) is 11.8 Å². The first kappa shape index (κ1) is 19.3. The molecular formula is C12H20N6O6. The normalized spacial score (nSPS) is 14.5. The van der Waals surface area contributed by atoms with Crippen molar-refractivity contribution in [1.29, 1.82) is 0 Å². The fraction of sp³-hybridized carbons (Fsp3) is 0.583. The topological polar surface area (TPSA) is 207 Å². The number of carboxylic acids is 1. The summed E-state index contributed by atoms with van der Waals surface area (Å²) in [5, 5.41) is 26.1. The average Bonchev–Trinajstić information content (AvgIpc) is 2.96. The Hall–Kier alpha value is -2.73. The van der Waals surface area contributed by atoms with Crippen LogP contribution in [-0.4, -0.2) is 50.4 Å². The third-order valence-electron chi connectivity index (χ3n) is 2.95. The summed E-state index contributed by atoms with van der Waals surface area (Å²) in [6, 6.07) is -2.93. The smallest absolute Gasteiger partial charge is 0.328 e. The number of nitrogens with two attached hydrogens (primary N) is 2. The lowest BCUT2D eigenvalue weighted by Gasteiger charge is -2.16. The molecule has 8 N–H and O–H groups in total. The van der Waals surface area contributed by atoms with Gasteiger partial charge in [-0.25, -0.2) is 9.59 Å². The van der Waals surface area contributed by atoms with E-state index in [1.165, 1.54) is 6.92 Å². The molecule has 24 heavy (non-hydrogen) atoms. The first-order valence-corrected chi connectivity index (χ1v) is 7.02. The summed E-state index contributed by atoms with van der Waals surface area (Å²) in [6.45, 7) is 1.06. The number of primary amides is 1. The minimum absolute atomic E-state index is 0.0404. The molecule has 0 spiro atoms. The fourth-order valence-corrected chi connectivity index (χ4v) is 1.65. The van der Waals surface area contributed by atoms with Crippen molar-refractivity contribution in [2.45, 2.75) is 44.5 Å². The van der Waals surface area contributed by atoms with Crippen molar-refractivity contribution in [3.8, 4) is 0 Å². The van der Waals surface area contributed by atoms with E-state index in [4.69, 9.17) is 21.1 Å². The van der Waals surface area contributed by atoms with Gasteiger partial charge in [0.05, 0.1) is 18.7 Å². The Morgan fingerprint density at radius 3 is 2.58 bits per heavy atom. The number of aliphatic hydroxyl groups is 1. The van der Waals surface area contributed by atoms with E-state index >= 15 is 0 Å². The molecule has 12 nitrogen and oxygen atoms in total. The molecule has 1 aromatic heterocycles. The minimum atomic E-state index is -1.45. The summed E-state index contributed by atoms with van der Waals surface area (Å²) in [4.78, 5) is 37.1. The van der Waals surface area contributed by atoms with Crippen LogP contribution in [0.15, 0.2) is 4.52 Å². The second kappa shape index (κ2) is 8.79. The molecular weight excluding hydrogens is 324 g/mol.